The monoisotopic (exact) mass is 312 g/mol. The van der Waals surface area contributed by atoms with E-state index in [0.717, 1.165) is 28.5 Å². The third-order valence-corrected chi connectivity index (χ3v) is 4.34. The Kier molecular flexibility index (Phi) is 4.20. The third-order valence-electron chi connectivity index (χ3n) is 3.60. The fourth-order valence-electron chi connectivity index (χ4n) is 2.60. The lowest BCUT2D eigenvalue weighted by atomic mass is 9.99. The fraction of sp³-hybridized carbons (Fsp3) is 0.167. The molecule has 0 fully saturated rings. The second-order valence-electron chi connectivity index (χ2n) is 5.19. The van der Waals surface area contributed by atoms with Gasteiger partial charge in [-0.2, -0.15) is 0 Å². The highest BCUT2D eigenvalue weighted by atomic mass is 32.2. The quantitative estimate of drug-likeness (QED) is 0.711. The van der Waals surface area contributed by atoms with Gasteiger partial charge < -0.3 is 9.52 Å². The predicted octanol–water partition coefficient (Wildman–Crippen LogP) is 4.37. The molecule has 0 atom stereocenters. The second kappa shape index (κ2) is 6.28. The van der Waals surface area contributed by atoms with Crippen LogP contribution in [0.5, 0.6) is 0 Å². The van der Waals surface area contributed by atoms with Crippen LogP contribution >= 0.6 is 11.8 Å². The largest absolute Gasteiger partial charge is 0.481 e. The van der Waals surface area contributed by atoms with E-state index in [0.29, 0.717) is 0 Å². The Bertz CT molecular complexity index is 803. The van der Waals surface area contributed by atoms with Gasteiger partial charge >= 0.3 is 5.97 Å². The maximum absolute atomic E-state index is 11.0. The molecule has 0 saturated carbocycles. The molecule has 0 aliphatic rings. The molecule has 0 amide bonds. The van der Waals surface area contributed by atoms with E-state index in [-0.39, 0.29) is 6.42 Å². The summed E-state index contributed by atoms with van der Waals surface area (Å²) in [4.78, 5) is 12.2. The summed E-state index contributed by atoms with van der Waals surface area (Å²) >= 11 is 1.71. The number of aliphatic carboxylic acids is 1. The molecule has 1 aromatic heterocycles. The van der Waals surface area contributed by atoms with Crippen LogP contribution in [0, 0.1) is 0 Å². The van der Waals surface area contributed by atoms with E-state index in [1.165, 1.54) is 10.5 Å². The molecule has 1 N–H and O–H groups in total. The Morgan fingerprint density at radius 3 is 2.59 bits per heavy atom. The lowest BCUT2D eigenvalue weighted by Crippen LogP contribution is -2.01. The van der Waals surface area contributed by atoms with Crippen molar-refractivity contribution in [2.75, 3.05) is 6.26 Å². The minimum absolute atomic E-state index is 0.0273. The molecule has 3 rings (SSSR count). The molecule has 22 heavy (non-hydrogen) atoms. The molecule has 0 unspecified atom stereocenters. The molecular weight excluding hydrogens is 296 g/mol. The van der Waals surface area contributed by atoms with Gasteiger partial charge in [0.2, 0.25) is 0 Å². The number of carbonyl (C=O) groups is 1. The normalized spacial score (nSPS) is 11.0. The molecule has 4 heteroatoms. The van der Waals surface area contributed by atoms with Crippen LogP contribution in [0.1, 0.15) is 16.7 Å². The number of fused-ring (bicyclic) bond motifs is 1. The van der Waals surface area contributed by atoms with Crippen molar-refractivity contribution >= 4 is 28.7 Å². The molecule has 0 aliphatic carbocycles. The van der Waals surface area contributed by atoms with Gasteiger partial charge in [0.25, 0.3) is 0 Å². The molecule has 3 nitrogen and oxygen atoms in total. The van der Waals surface area contributed by atoms with Gasteiger partial charge in [-0.25, -0.2) is 0 Å². The van der Waals surface area contributed by atoms with Crippen molar-refractivity contribution in [2.45, 2.75) is 17.7 Å². The van der Waals surface area contributed by atoms with Crippen LogP contribution in [0.25, 0.3) is 11.0 Å². The van der Waals surface area contributed by atoms with E-state index in [1.807, 2.05) is 18.2 Å². The minimum Gasteiger partial charge on any atom is -0.481 e. The van der Waals surface area contributed by atoms with E-state index in [4.69, 9.17) is 9.52 Å². The number of carboxylic acids is 1. The van der Waals surface area contributed by atoms with Crippen LogP contribution in [-0.4, -0.2) is 17.3 Å². The van der Waals surface area contributed by atoms with Gasteiger partial charge in [-0.05, 0) is 41.6 Å². The number of carboxylic acid groups (broad SMARTS) is 1. The Morgan fingerprint density at radius 2 is 1.91 bits per heavy atom. The summed E-state index contributed by atoms with van der Waals surface area (Å²) in [5.74, 6) is -0.821. The SMILES string of the molecule is CSc1ccc(Cc2cc(CC(=O)O)cc3ccoc23)cc1. The lowest BCUT2D eigenvalue weighted by molar-refractivity contribution is -0.136. The first-order valence-electron chi connectivity index (χ1n) is 6.99. The van der Waals surface area contributed by atoms with Crippen LogP contribution in [0.3, 0.4) is 0 Å². The second-order valence-corrected chi connectivity index (χ2v) is 6.07. The molecule has 112 valence electrons. The van der Waals surface area contributed by atoms with Crippen LogP contribution in [0.2, 0.25) is 0 Å². The molecule has 0 bridgehead atoms. The number of hydrogen-bond acceptors (Lipinski definition) is 3. The van der Waals surface area contributed by atoms with Crippen molar-refractivity contribution in [3.05, 3.63) is 65.4 Å². The van der Waals surface area contributed by atoms with Gasteiger partial charge in [0, 0.05) is 22.3 Å². The standard InChI is InChI=1S/C18H16O3S/c1-22-16-4-2-12(3-5-16)8-15-10-13(11-17(19)20)9-14-6-7-21-18(14)15/h2-7,9-10H,8,11H2,1H3,(H,19,20). The first kappa shape index (κ1) is 14.7. The number of benzene rings is 2. The Balaban J connectivity index is 1.96. The van der Waals surface area contributed by atoms with Crippen LogP contribution in [0.15, 0.2) is 58.0 Å². The Hall–Kier alpha value is -2.20. The summed E-state index contributed by atoms with van der Waals surface area (Å²) < 4.78 is 5.57. The van der Waals surface area contributed by atoms with Crippen LogP contribution in [0.4, 0.5) is 0 Å². The summed E-state index contributed by atoms with van der Waals surface area (Å²) in [6.45, 7) is 0. The van der Waals surface area contributed by atoms with Gasteiger partial charge in [0.1, 0.15) is 5.58 Å². The zero-order chi connectivity index (χ0) is 15.5. The zero-order valence-electron chi connectivity index (χ0n) is 12.2. The van der Waals surface area contributed by atoms with Crippen molar-refractivity contribution in [3.63, 3.8) is 0 Å². The van der Waals surface area contributed by atoms with Gasteiger partial charge in [0.15, 0.2) is 0 Å². The summed E-state index contributed by atoms with van der Waals surface area (Å²) in [7, 11) is 0. The van der Waals surface area contributed by atoms with E-state index in [9.17, 15) is 4.79 Å². The van der Waals surface area contributed by atoms with Gasteiger partial charge in [-0.15, -0.1) is 11.8 Å². The smallest absolute Gasteiger partial charge is 0.307 e. The topological polar surface area (TPSA) is 50.4 Å². The molecule has 2 aromatic carbocycles. The number of rotatable bonds is 5. The van der Waals surface area contributed by atoms with Crippen molar-refractivity contribution in [1.82, 2.24) is 0 Å². The average molecular weight is 312 g/mol. The van der Waals surface area contributed by atoms with Gasteiger partial charge in [0.05, 0.1) is 12.7 Å². The summed E-state index contributed by atoms with van der Waals surface area (Å²) in [6.07, 6.45) is 4.46. The molecule has 0 radical (unpaired) electrons. The Morgan fingerprint density at radius 1 is 1.14 bits per heavy atom. The number of hydrogen-bond donors (Lipinski definition) is 1. The predicted molar refractivity (Wildman–Crippen MR) is 88.6 cm³/mol. The zero-order valence-corrected chi connectivity index (χ0v) is 13.0. The fourth-order valence-corrected chi connectivity index (χ4v) is 3.00. The van der Waals surface area contributed by atoms with Crippen molar-refractivity contribution in [1.29, 1.82) is 0 Å². The third kappa shape index (κ3) is 3.17. The minimum atomic E-state index is -0.821. The van der Waals surface area contributed by atoms with Crippen molar-refractivity contribution in [2.24, 2.45) is 0 Å². The van der Waals surface area contributed by atoms with Gasteiger partial charge in [-0.1, -0.05) is 18.2 Å². The first-order chi connectivity index (χ1) is 10.7. The van der Waals surface area contributed by atoms with E-state index in [1.54, 1.807) is 18.0 Å². The molecule has 0 aliphatic heterocycles. The maximum Gasteiger partial charge on any atom is 0.307 e. The molecular formula is C18H16O3S. The summed E-state index contributed by atoms with van der Waals surface area (Å²) in [6, 6.07) is 14.1. The van der Waals surface area contributed by atoms with Crippen LogP contribution in [-0.2, 0) is 17.6 Å². The molecule has 3 aromatic rings. The number of thioether (sulfide) groups is 1. The van der Waals surface area contributed by atoms with E-state index >= 15 is 0 Å². The highest BCUT2D eigenvalue weighted by Crippen LogP contribution is 2.26. The van der Waals surface area contributed by atoms with Crippen molar-refractivity contribution < 1.29 is 14.3 Å². The molecule has 1 heterocycles. The van der Waals surface area contributed by atoms with Gasteiger partial charge in [-0.3, -0.25) is 4.79 Å². The van der Waals surface area contributed by atoms with Crippen LogP contribution < -0.4 is 0 Å². The average Bonchev–Trinajstić information content (AvgIpc) is 2.96. The highest BCUT2D eigenvalue weighted by Gasteiger charge is 2.10. The lowest BCUT2D eigenvalue weighted by Gasteiger charge is -2.07. The Labute approximate surface area is 133 Å². The summed E-state index contributed by atoms with van der Waals surface area (Å²) in [5.41, 5.74) is 3.85. The highest BCUT2D eigenvalue weighted by molar-refractivity contribution is 7.98. The summed E-state index contributed by atoms with van der Waals surface area (Å²) in [5, 5.41) is 9.96. The molecule has 0 saturated heterocycles. The molecule has 0 spiro atoms. The van der Waals surface area contributed by atoms with E-state index in [2.05, 4.69) is 30.5 Å². The van der Waals surface area contributed by atoms with E-state index < -0.39 is 5.97 Å². The maximum atomic E-state index is 11.0. The first-order valence-corrected chi connectivity index (χ1v) is 8.22. The van der Waals surface area contributed by atoms with Crippen molar-refractivity contribution in [3.8, 4) is 0 Å². The number of furan rings is 1.